The molecule has 0 saturated heterocycles. The molecule has 0 saturated carbocycles. The summed E-state index contributed by atoms with van der Waals surface area (Å²) in [6, 6.07) is 0. The Morgan fingerprint density at radius 3 is 2.53 bits per heavy atom. The van der Waals surface area contributed by atoms with E-state index in [2.05, 4.69) is 19.2 Å². The fourth-order valence-corrected chi connectivity index (χ4v) is 1.78. The fourth-order valence-electron chi connectivity index (χ4n) is 1.78. The lowest BCUT2D eigenvalue weighted by Crippen LogP contribution is -2.21. The van der Waals surface area contributed by atoms with Crippen molar-refractivity contribution < 1.29 is 4.74 Å². The molecule has 1 unspecified atom stereocenters. The fraction of sp³-hybridized carbons (Fsp3) is 1.00. The van der Waals surface area contributed by atoms with Crippen LogP contribution in [0.4, 0.5) is 0 Å². The highest BCUT2D eigenvalue weighted by Crippen LogP contribution is 2.07. The molecule has 0 radical (unpaired) electrons. The minimum atomic E-state index is 0.427. The highest BCUT2D eigenvalue weighted by atomic mass is 16.5. The third kappa shape index (κ3) is 13.8. The van der Waals surface area contributed by atoms with Gasteiger partial charge in [0.15, 0.2) is 0 Å². The van der Waals surface area contributed by atoms with Crippen molar-refractivity contribution >= 4 is 0 Å². The number of hydrogen-bond acceptors (Lipinski definition) is 3. The van der Waals surface area contributed by atoms with Crippen LogP contribution < -0.4 is 11.1 Å². The molecule has 0 aromatic heterocycles. The molecule has 0 aromatic carbocycles. The van der Waals surface area contributed by atoms with Crippen LogP contribution in [0.15, 0.2) is 0 Å². The van der Waals surface area contributed by atoms with E-state index >= 15 is 0 Å². The molecule has 3 heteroatoms. The van der Waals surface area contributed by atoms with E-state index in [0.29, 0.717) is 6.10 Å². The maximum atomic E-state index is 5.76. The van der Waals surface area contributed by atoms with Crippen molar-refractivity contribution in [3.63, 3.8) is 0 Å². The molecule has 0 fully saturated rings. The minimum absolute atomic E-state index is 0.427. The Labute approximate surface area is 107 Å². The first-order valence-corrected chi connectivity index (χ1v) is 7.33. The van der Waals surface area contributed by atoms with E-state index in [9.17, 15) is 0 Å². The van der Waals surface area contributed by atoms with Crippen LogP contribution in [-0.2, 0) is 4.74 Å². The molecule has 0 aromatic rings. The van der Waals surface area contributed by atoms with Gasteiger partial charge in [-0.25, -0.2) is 0 Å². The van der Waals surface area contributed by atoms with Gasteiger partial charge in [-0.15, -0.1) is 0 Å². The largest absolute Gasteiger partial charge is 0.378 e. The quantitative estimate of drug-likeness (QED) is 0.490. The molecule has 1 atom stereocenters. The number of unbranched alkanes of at least 4 members (excludes halogenated alkanes) is 3. The van der Waals surface area contributed by atoms with Crippen molar-refractivity contribution in [3.05, 3.63) is 0 Å². The normalized spacial score (nSPS) is 12.9. The Kier molecular flexibility index (Phi) is 13.8. The Bertz CT molecular complexity index is 142. The molecule has 104 valence electrons. The van der Waals surface area contributed by atoms with Crippen LogP contribution in [0, 0.1) is 0 Å². The summed E-state index contributed by atoms with van der Waals surface area (Å²) >= 11 is 0. The maximum absolute atomic E-state index is 5.76. The summed E-state index contributed by atoms with van der Waals surface area (Å²) in [5, 5.41) is 3.36. The first-order chi connectivity index (χ1) is 8.31. The minimum Gasteiger partial charge on any atom is -0.378 e. The summed E-state index contributed by atoms with van der Waals surface area (Å²) in [7, 11) is 0. The molecule has 0 aliphatic heterocycles. The number of hydrogen-bond donors (Lipinski definition) is 2. The van der Waals surface area contributed by atoms with Crippen molar-refractivity contribution in [2.75, 3.05) is 26.2 Å². The summed E-state index contributed by atoms with van der Waals surface area (Å²) in [4.78, 5) is 0. The smallest absolute Gasteiger partial charge is 0.0547 e. The highest BCUT2D eigenvalue weighted by molar-refractivity contribution is 4.53. The second kappa shape index (κ2) is 13.9. The van der Waals surface area contributed by atoms with Crippen molar-refractivity contribution in [1.29, 1.82) is 0 Å². The molecule has 0 rings (SSSR count). The van der Waals surface area contributed by atoms with E-state index in [4.69, 9.17) is 10.5 Å². The predicted octanol–water partition coefficient (Wildman–Crippen LogP) is 2.69. The Morgan fingerprint density at radius 1 is 1.06 bits per heavy atom. The molecule has 0 spiro atoms. The number of rotatable bonds is 13. The second-order valence-electron chi connectivity index (χ2n) is 4.78. The van der Waals surface area contributed by atoms with Gasteiger partial charge in [-0.05, 0) is 45.8 Å². The van der Waals surface area contributed by atoms with E-state index in [0.717, 1.165) is 39.1 Å². The van der Waals surface area contributed by atoms with E-state index < -0.39 is 0 Å². The molecule has 0 aliphatic carbocycles. The number of nitrogens with two attached hydrogens (primary N) is 1. The van der Waals surface area contributed by atoms with Crippen molar-refractivity contribution in [2.45, 2.75) is 64.9 Å². The van der Waals surface area contributed by atoms with Gasteiger partial charge in [0.25, 0.3) is 0 Å². The Hall–Kier alpha value is -0.120. The van der Waals surface area contributed by atoms with Gasteiger partial charge in [-0.1, -0.05) is 32.6 Å². The van der Waals surface area contributed by atoms with E-state index in [1.54, 1.807) is 0 Å². The van der Waals surface area contributed by atoms with Crippen LogP contribution in [0.3, 0.4) is 0 Å². The zero-order chi connectivity index (χ0) is 12.8. The van der Waals surface area contributed by atoms with Gasteiger partial charge in [-0.2, -0.15) is 0 Å². The number of ether oxygens (including phenoxy) is 1. The first kappa shape index (κ1) is 16.9. The van der Waals surface area contributed by atoms with Gasteiger partial charge < -0.3 is 15.8 Å². The van der Waals surface area contributed by atoms with Gasteiger partial charge in [0.05, 0.1) is 6.10 Å². The lowest BCUT2D eigenvalue weighted by Gasteiger charge is -2.13. The molecule has 17 heavy (non-hydrogen) atoms. The lowest BCUT2D eigenvalue weighted by molar-refractivity contribution is 0.0570. The summed E-state index contributed by atoms with van der Waals surface area (Å²) in [6.45, 7) is 8.17. The van der Waals surface area contributed by atoms with Gasteiger partial charge in [0.2, 0.25) is 0 Å². The Morgan fingerprint density at radius 2 is 1.82 bits per heavy atom. The zero-order valence-electron chi connectivity index (χ0n) is 11.8. The van der Waals surface area contributed by atoms with Crippen LogP contribution in [-0.4, -0.2) is 32.3 Å². The summed E-state index contributed by atoms with van der Waals surface area (Å²) in [5.41, 5.74) is 5.41. The van der Waals surface area contributed by atoms with E-state index in [1.165, 1.54) is 32.1 Å². The standard InChI is InChI=1S/C14H32N2O/c1-3-4-5-6-9-14(2)17-13-8-12-16-11-7-10-15/h14,16H,3-13,15H2,1-2H3. The SMILES string of the molecule is CCCCCCC(C)OCCCNCCCN. The summed E-state index contributed by atoms with van der Waals surface area (Å²) in [5.74, 6) is 0. The van der Waals surface area contributed by atoms with E-state index in [1.807, 2.05) is 0 Å². The van der Waals surface area contributed by atoms with E-state index in [-0.39, 0.29) is 0 Å². The lowest BCUT2D eigenvalue weighted by atomic mass is 10.1. The average molecular weight is 244 g/mol. The molecule has 3 N–H and O–H groups in total. The predicted molar refractivity (Wildman–Crippen MR) is 75.3 cm³/mol. The third-order valence-corrected chi connectivity index (χ3v) is 2.92. The molecular formula is C14H32N2O. The van der Waals surface area contributed by atoms with Gasteiger partial charge in [0, 0.05) is 6.61 Å². The molecule has 3 nitrogen and oxygen atoms in total. The van der Waals surface area contributed by atoms with Gasteiger partial charge >= 0.3 is 0 Å². The van der Waals surface area contributed by atoms with Crippen LogP contribution in [0.2, 0.25) is 0 Å². The Balaban J connectivity index is 3.08. The first-order valence-electron chi connectivity index (χ1n) is 7.33. The van der Waals surface area contributed by atoms with Crippen molar-refractivity contribution in [2.24, 2.45) is 5.73 Å². The van der Waals surface area contributed by atoms with Crippen molar-refractivity contribution in [3.8, 4) is 0 Å². The molecule has 0 amide bonds. The van der Waals surface area contributed by atoms with Crippen LogP contribution in [0.25, 0.3) is 0 Å². The molecule has 0 aliphatic rings. The zero-order valence-corrected chi connectivity index (χ0v) is 11.8. The van der Waals surface area contributed by atoms with Crippen LogP contribution in [0.1, 0.15) is 58.8 Å². The molecular weight excluding hydrogens is 212 g/mol. The van der Waals surface area contributed by atoms with Gasteiger partial charge in [0.1, 0.15) is 0 Å². The second-order valence-corrected chi connectivity index (χ2v) is 4.78. The molecule has 0 heterocycles. The topological polar surface area (TPSA) is 47.3 Å². The maximum Gasteiger partial charge on any atom is 0.0547 e. The van der Waals surface area contributed by atoms with Gasteiger partial charge in [-0.3, -0.25) is 0 Å². The monoisotopic (exact) mass is 244 g/mol. The van der Waals surface area contributed by atoms with Crippen molar-refractivity contribution in [1.82, 2.24) is 5.32 Å². The highest BCUT2D eigenvalue weighted by Gasteiger charge is 2.01. The molecule has 0 bridgehead atoms. The average Bonchev–Trinajstić information content (AvgIpc) is 2.33. The van der Waals surface area contributed by atoms with Crippen LogP contribution in [0.5, 0.6) is 0 Å². The number of nitrogens with one attached hydrogen (secondary N) is 1. The summed E-state index contributed by atoms with van der Waals surface area (Å²) < 4.78 is 5.76. The van der Waals surface area contributed by atoms with Crippen LogP contribution >= 0.6 is 0 Å². The third-order valence-electron chi connectivity index (χ3n) is 2.92. The summed E-state index contributed by atoms with van der Waals surface area (Å²) in [6.07, 6.45) is 9.13.